The Kier molecular flexibility index (Phi) is 5.35. The molecular formula is C22H28N4O2. The molecule has 0 aromatic heterocycles. The number of amides is 1. The van der Waals surface area contributed by atoms with Gasteiger partial charge in [-0.25, -0.2) is 5.01 Å². The summed E-state index contributed by atoms with van der Waals surface area (Å²) >= 11 is 0. The Morgan fingerprint density at radius 3 is 2.68 bits per heavy atom. The van der Waals surface area contributed by atoms with Crippen LogP contribution >= 0.6 is 0 Å². The summed E-state index contributed by atoms with van der Waals surface area (Å²) in [4.78, 5) is 12.9. The van der Waals surface area contributed by atoms with E-state index in [0.29, 0.717) is 18.6 Å². The maximum atomic E-state index is 12.9. The third-order valence-electron chi connectivity index (χ3n) is 5.69. The van der Waals surface area contributed by atoms with Gasteiger partial charge in [0, 0.05) is 24.3 Å². The summed E-state index contributed by atoms with van der Waals surface area (Å²) in [7, 11) is 1.67. The number of carbonyl (C=O) groups excluding carboxylic acids is 1. The zero-order valence-electron chi connectivity index (χ0n) is 16.6. The molecule has 6 heteroatoms. The fourth-order valence-corrected chi connectivity index (χ4v) is 4.24. The highest BCUT2D eigenvalue weighted by Gasteiger charge is 2.44. The van der Waals surface area contributed by atoms with Gasteiger partial charge in [-0.3, -0.25) is 15.5 Å². The van der Waals surface area contributed by atoms with Crippen molar-refractivity contribution in [1.29, 1.82) is 0 Å². The Balaban J connectivity index is 1.43. The van der Waals surface area contributed by atoms with Gasteiger partial charge >= 0.3 is 0 Å². The fourth-order valence-electron chi connectivity index (χ4n) is 4.24. The molecule has 4 unspecified atom stereocenters. The van der Waals surface area contributed by atoms with Gasteiger partial charge in [0.1, 0.15) is 5.75 Å². The SMILES string of the molecule is COc1cccc(-c2ccc(NC(=O)C3CNN4C(C)CC(C)NC34)cc2)c1. The highest BCUT2D eigenvalue weighted by molar-refractivity contribution is 5.93. The summed E-state index contributed by atoms with van der Waals surface area (Å²) in [6.45, 7) is 5.04. The quantitative estimate of drug-likeness (QED) is 0.761. The summed E-state index contributed by atoms with van der Waals surface area (Å²) < 4.78 is 5.30. The molecule has 2 aliphatic heterocycles. The first-order valence-electron chi connectivity index (χ1n) is 9.88. The third-order valence-corrected chi connectivity index (χ3v) is 5.69. The molecule has 148 valence electrons. The smallest absolute Gasteiger partial charge is 0.231 e. The molecular weight excluding hydrogens is 352 g/mol. The van der Waals surface area contributed by atoms with E-state index in [0.717, 1.165) is 29.0 Å². The topological polar surface area (TPSA) is 65.6 Å². The first kappa shape index (κ1) is 18.9. The van der Waals surface area contributed by atoms with Crippen molar-refractivity contribution in [3.8, 4) is 16.9 Å². The van der Waals surface area contributed by atoms with Gasteiger partial charge in [-0.15, -0.1) is 0 Å². The van der Waals surface area contributed by atoms with Gasteiger partial charge in [-0.2, -0.15) is 0 Å². The first-order valence-corrected chi connectivity index (χ1v) is 9.88. The summed E-state index contributed by atoms with van der Waals surface area (Å²) in [6.07, 6.45) is 1.11. The average molecular weight is 380 g/mol. The number of hydrogen-bond acceptors (Lipinski definition) is 5. The Bertz CT molecular complexity index is 839. The number of ether oxygens (including phenoxy) is 1. The second-order valence-corrected chi connectivity index (χ2v) is 7.77. The maximum absolute atomic E-state index is 12.9. The van der Waals surface area contributed by atoms with Gasteiger partial charge in [0.05, 0.1) is 19.2 Å². The van der Waals surface area contributed by atoms with E-state index >= 15 is 0 Å². The van der Waals surface area contributed by atoms with Crippen molar-refractivity contribution >= 4 is 11.6 Å². The second kappa shape index (κ2) is 7.91. The van der Waals surface area contributed by atoms with Gasteiger partial charge in [-0.05, 0) is 55.7 Å². The van der Waals surface area contributed by atoms with Crippen LogP contribution in [-0.4, -0.2) is 42.8 Å². The largest absolute Gasteiger partial charge is 0.497 e. The van der Waals surface area contributed by atoms with Crippen molar-refractivity contribution in [2.75, 3.05) is 19.0 Å². The van der Waals surface area contributed by atoms with Crippen LogP contribution < -0.4 is 20.8 Å². The average Bonchev–Trinajstić information content (AvgIpc) is 3.13. The molecule has 0 radical (unpaired) electrons. The third kappa shape index (κ3) is 3.76. The lowest BCUT2D eigenvalue weighted by Crippen LogP contribution is -2.60. The molecule has 2 aromatic carbocycles. The Morgan fingerprint density at radius 1 is 1.14 bits per heavy atom. The molecule has 0 bridgehead atoms. The Hall–Kier alpha value is -2.41. The number of rotatable bonds is 4. The molecule has 0 aliphatic carbocycles. The molecule has 0 saturated carbocycles. The monoisotopic (exact) mass is 380 g/mol. The predicted octanol–water partition coefficient (Wildman–Crippen LogP) is 2.83. The van der Waals surface area contributed by atoms with Crippen LogP contribution in [0.3, 0.4) is 0 Å². The lowest BCUT2D eigenvalue weighted by atomic mass is 9.99. The number of carbonyl (C=O) groups is 1. The number of benzene rings is 2. The second-order valence-electron chi connectivity index (χ2n) is 7.77. The Morgan fingerprint density at radius 2 is 1.93 bits per heavy atom. The van der Waals surface area contributed by atoms with Crippen molar-refractivity contribution in [2.24, 2.45) is 5.92 Å². The van der Waals surface area contributed by atoms with Crippen LogP contribution in [0.4, 0.5) is 5.69 Å². The van der Waals surface area contributed by atoms with Gasteiger partial charge in [0.25, 0.3) is 0 Å². The number of nitrogens with one attached hydrogen (secondary N) is 3. The van der Waals surface area contributed by atoms with Crippen LogP contribution in [0.1, 0.15) is 20.3 Å². The fraction of sp³-hybridized carbons (Fsp3) is 0.409. The molecule has 4 rings (SSSR count). The lowest BCUT2D eigenvalue weighted by molar-refractivity contribution is -0.121. The zero-order chi connectivity index (χ0) is 19.7. The van der Waals surface area contributed by atoms with Crippen LogP contribution in [0.5, 0.6) is 5.75 Å². The van der Waals surface area contributed by atoms with Crippen LogP contribution in [-0.2, 0) is 4.79 Å². The Labute approximate surface area is 166 Å². The molecule has 2 aromatic rings. The van der Waals surface area contributed by atoms with Gasteiger partial charge in [0.2, 0.25) is 5.91 Å². The van der Waals surface area contributed by atoms with Crippen LogP contribution in [0.25, 0.3) is 11.1 Å². The molecule has 4 atom stereocenters. The molecule has 2 saturated heterocycles. The molecule has 2 heterocycles. The molecule has 6 nitrogen and oxygen atoms in total. The van der Waals surface area contributed by atoms with Crippen LogP contribution in [0, 0.1) is 5.92 Å². The van der Waals surface area contributed by atoms with Crippen LogP contribution in [0.2, 0.25) is 0 Å². The summed E-state index contributed by atoms with van der Waals surface area (Å²) in [5, 5.41) is 8.83. The van der Waals surface area contributed by atoms with Crippen molar-refractivity contribution in [3.05, 3.63) is 48.5 Å². The normalized spacial score (nSPS) is 27.2. The van der Waals surface area contributed by atoms with Gasteiger partial charge in [-0.1, -0.05) is 24.3 Å². The van der Waals surface area contributed by atoms with Crippen molar-refractivity contribution in [3.63, 3.8) is 0 Å². The lowest BCUT2D eigenvalue weighted by Gasteiger charge is -2.40. The standard InChI is InChI=1S/C22H28N4O2/c1-14-11-15(2)26-21(24-14)20(13-23-26)22(27)25-18-9-7-16(8-10-18)17-5-4-6-19(12-17)28-3/h4-10,12,14-15,20-21,23-24H,11,13H2,1-3H3,(H,25,27). The van der Waals surface area contributed by atoms with E-state index in [1.807, 2.05) is 48.5 Å². The minimum Gasteiger partial charge on any atom is -0.497 e. The molecule has 28 heavy (non-hydrogen) atoms. The molecule has 2 aliphatic rings. The number of hydrazine groups is 1. The van der Waals surface area contributed by atoms with Gasteiger partial charge < -0.3 is 10.1 Å². The highest BCUT2D eigenvalue weighted by atomic mass is 16.5. The summed E-state index contributed by atoms with van der Waals surface area (Å²) in [6, 6.07) is 16.7. The summed E-state index contributed by atoms with van der Waals surface area (Å²) in [5.74, 6) is 0.753. The predicted molar refractivity (Wildman–Crippen MR) is 111 cm³/mol. The van der Waals surface area contributed by atoms with E-state index in [1.165, 1.54) is 0 Å². The van der Waals surface area contributed by atoms with E-state index in [2.05, 4.69) is 34.9 Å². The number of nitrogens with zero attached hydrogens (tertiary/aromatic N) is 1. The maximum Gasteiger partial charge on any atom is 0.231 e. The van der Waals surface area contributed by atoms with Gasteiger partial charge in [0.15, 0.2) is 0 Å². The van der Waals surface area contributed by atoms with E-state index < -0.39 is 0 Å². The molecule has 1 amide bonds. The van der Waals surface area contributed by atoms with E-state index in [9.17, 15) is 4.79 Å². The minimum absolute atomic E-state index is 0.0369. The molecule has 2 fully saturated rings. The summed E-state index contributed by atoms with van der Waals surface area (Å²) in [5.41, 5.74) is 6.37. The number of fused-ring (bicyclic) bond motifs is 1. The van der Waals surface area contributed by atoms with Crippen LogP contribution in [0.15, 0.2) is 48.5 Å². The highest BCUT2D eigenvalue weighted by Crippen LogP contribution is 2.27. The van der Waals surface area contributed by atoms with E-state index in [4.69, 9.17) is 4.74 Å². The minimum atomic E-state index is -0.122. The first-order chi connectivity index (χ1) is 13.5. The van der Waals surface area contributed by atoms with Crippen molar-refractivity contribution in [1.82, 2.24) is 15.8 Å². The number of anilines is 1. The zero-order valence-corrected chi connectivity index (χ0v) is 16.6. The van der Waals surface area contributed by atoms with Crippen molar-refractivity contribution < 1.29 is 9.53 Å². The van der Waals surface area contributed by atoms with Crippen molar-refractivity contribution in [2.45, 2.75) is 38.5 Å². The van der Waals surface area contributed by atoms with E-state index in [-0.39, 0.29) is 18.0 Å². The molecule has 3 N–H and O–H groups in total. The number of methoxy groups -OCH3 is 1. The van der Waals surface area contributed by atoms with E-state index in [1.54, 1.807) is 7.11 Å². The number of hydrogen-bond donors (Lipinski definition) is 3. The molecule has 0 spiro atoms.